The van der Waals surface area contributed by atoms with E-state index in [4.69, 9.17) is 0 Å². The molecule has 0 bridgehead atoms. The Hall–Kier alpha value is -2.28. The first-order valence-electron chi connectivity index (χ1n) is 7.83. The van der Waals surface area contributed by atoms with E-state index in [1.54, 1.807) is 4.57 Å². The van der Waals surface area contributed by atoms with Gasteiger partial charge in [-0.2, -0.15) is 13.2 Å². The molecule has 1 aliphatic heterocycles. The van der Waals surface area contributed by atoms with Crippen molar-refractivity contribution >= 4 is 10.9 Å². The summed E-state index contributed by atoms with van der Waals surface area (Å²) in [6, 6.07) is 8.21. The van der Waals surface area contributed by atoms with Crippen molar-refractivity contribution in [2.45, 2.75) is 32.7 Å². The number of aromatic nitrogens is 3. The van der Waals surface area contributed by atoms with E-state index in [0.717, 1.165) is 17.4 Å². The Bertz CT molecular complexity index is 891. The van der Waals surface area contributed by atoms with E-state index in [-0.39, 0.29) is 0 Å². The number of fused-ring (bicyclic) bond motifs is 2. The minimum atomic E-state index is -4.39. The fourth-order valence-electron chi connectivity index (χ4n) is 3.31. The molecule has 0 unspecified atom stereocenters. The zero-order valence-corrected chi connectivity index (χ0v) is 13.2. The number of H-pyrrole nitrogens is 1. The monoisotopic (exact) mass is 334 g/mol. The summed E-state index contributed by atoms with van der Waals surface area (Å²) >= 11 is 0. The Morgan fingerprint density at radius 3 is 2.88 bits per heavy atom. The molecule has 0 saturated carbocycles. The molecular formula is C17H17F3N4. The van der Waals surface area contributed by atoms with Crippen molar-refractivity contribution in [3.8, 4) is 0 Å². The van der Waals surface area contributed by atoms with Gasteiger partial charge in [0, 0.05) is 42.4 Å². The predicted octanol–water partition coefficient (Wildman–Crippen LogP) is 3.71. The van der Waals surface area contributed by atoms with Gasteiger partial charge < -0.3 is 9.55 Å². The summed E-state index contributed by atoms with van der Waals surface area (Å²) in [7, 11) is 0. The Morgan fingerprint density at radius 1 is 1.25 bits per heavy atom. The van der Waals surface area contributed by atoms with E-state index < -0.39 is 11.9 Å². The number of nitrogens with one attached hydrogen (secondary N) is 1. The van der Waals surface area contributed by atoms with Gasteiger partial charge in [-0.1, -0.05) is 12.1 Å². The molecule has 0 atom stereocenters. The lowest BCUT2D eigenvalue weighted by Gasteiger charge is -2.27. The number of imidazole rings is 1. The third kappa shape index (κ3) is 2.69. The van der Waals surface area contributed by atoms with Gasteiger partial charge in [0.1, 0.15) is 5.82 Å². The normalized spacial score (nSPS) is 15.8. The number of halogens is 3. The van der Waals surface area contributed by atoms with Crippen LogP contribution >= 0.6 is 0 Å². The summed E-state index contributed by atoms with van der Waals surface area (Å²) in [6.45, 7) is 4.37. The van der Waals surface area contributed by atoms with Crippen LogP contribution < -0.4 is 0 Å². The van der Waals surface area contributed by atoms with Crippen molar-refractivity contribution in [1.29, 1.82) is 0 Å². The molecule has 4 rings (SSSR count). The van der Waals surface area contributed by atoms with E-state index in [9.17, 15) is 13.2 Å². The summed E-state index contributed by atoms with van der Waals surface area (Å²) in [5.74, 6) is 0.478. The lowest BCUT2D eigenvalue weighted by molar-refractivity contribution is -0.141. The smallest absolute Gasteiger partial charge is 0.359 e. The Labute approximate surface area is 136 Å². The molecule has 1 N–H and O–H groups in total. The fraction of sp³-hybridized carbons (Fsp3) is 0.353. The maximum Gasteiger partial charge on any atom is 0.434 e. The highest BCUT2D eigenvalue weighted by Crippen LogP contribution is 2.30. The van der Waals surface area contributed by atoms with E-state index in [0.29, 0.717) is 32.0 Å². The van der Waals surface area contributed by atoms with E-state index in [1.807, 2.05) is 19.1 Å². The van der Waals surface area contributed by atoms with Crippen LogP contribution in [0.25, 0.3) is 10.9 Å². The Morgan fingerprint density at radius 2 is 2.08 bits per heavy atom. The summed E-state index contributed by atoms with van der Waals surface area (Å²) < 4.78 is 40.0. The van der Waals surface area contributed by atoms with Crippen LogP contribution in [-0.2, 0) is 25.8 Å². The van der Waals surface area contributed by atoms with Gasteiger partial charge in [-0.05, 0) is 24.6 Å². The third-order valence-electron chi connectivity index (χ3n) is 4.45. The third-order valence-corrected chi connectivity index (χ3v) is 4.45. The summed E-state index contributed by atoms with van der Waals surface area (Å²) in [5, 5.41) is 1.17. The first-order valence-corrected chi connectivity index (χ1v) is 7.83. The highest BCUT2D eigenvalue weighted by Gasteiger charge is 2.35. The zero-order valence-electron chi connectivity index (χ0n) is 13.2. The Kier molecular flexibility index (Phi) is 3.42. The van der Waals surface area contributed by atoms with Crippen molar-refractivity contribution in [3.05, 3.63) is 53.2 Å². The molecule has 0 saturated heterocycles. The minimum Gasteiger partial charge on any atom is -0.359 e. The Balaban J connectivity index is 1.57. The van der Waals surface area contributed by atoms with E-state index in [2.05, 4.69) is 27.0 Å². The van der Waals surface area contributed by atoms with Crippen molar-refractivity contribution in [1.82, 2.24) is 19.4 Å². The number of benzene rings is 1. The summed E-state index contributed by atoms with van der Waals surface area (Å²) in [6.07, 6.45) is -3.27. The van der Waals surface area contributed by atoms with Crippen LogP contribution in [0.2, 0.25) is 0 Å². The zero-order chi connectivity index (χ0) is 16.9. The van der Waals surface area contributed by atoms with E-state index in [1.165, 1.54) is 10.9 Å². The van der Waals surface area contributed by atoms with Crippen LogP contribution in [0.3, 0.4) is 0 Å². The molecule has 4 nitrogen and oxygen atoms in total. The molecule has 0 fully saturated rings. The lowest BCUT2D eigenvalue weighted by atomic mass is 10.1. The van der Waals surface area contributed by atoms with Gasteiger partial charge in [-0.3, -0.25) is 4.90 Å². The lowest BCUT2D eigenvalue weighted by Crippen LogP contribution is -2.33. The van der Waals surface area contributed by atoms with Crippen molar-refractivity contribution in [3.63, 3.8) is 0 Å². The maximum absolute atomic E-state index is 12.8. The average Bonchev–Trinajstić information content (AvgIpc) is 3.09. The predicted molar refractivity (Wildman–Crippen MR) is 84.4 cm³/mol. The first-order chi connectivity index (χ1) is 11.4. The number of hydrogen-bond donors (Lipinski definition) is 1. The number of rotatable bonds is 2. The molecule has 3 heterocycles. The molecule has 3 aromatic rings. The second-order valence-corrected chi connectivity index (χ2v) is 6.27. The minimum absolute atomic E-state index is 0.426. The summed E-state index contributed by atoms with van der Waals surface area (Å²) in [4.78, 5) is 9.22. The van der Waals surface area contributed by atoms with E-state index >= 15 is 0 Å². The van der Waals surface area contributed by atoms with Gasteiger partial charge in [-0.25, -0.2) is 4.98 Å². The fourth-order valence-corrected chi connectivity index (χ4v) is 3.31. The van der Waals surface area contributed by atoms with Gasteiger partial charge in [0.25, 0.3) is 0 Å². The number of aromatic amines is 1. The SMILES string of the molecule is Cc1cc2c(CN3CCn4cc(C(F)(F)F)nc4C3)cccc2[nH]1. The molecule has 0 radical (unpaired) electrons. The van der Waals surface area contributed by atoms with Crippen LogP contribution in [0.5, 0.6) is 0 Å². The first kappa shape index (κ1) is 15.3. The molecule has 7 heteroatoms. The van der Waals surface area contributed by atoms with Crippen LogP contribution in [0, 0.1) is 6.92 Å². The van der Waals surface area contributed by atoms with Gasteiger partial charge in [0.2, 0.25) is 0 Å². The van der Waals surface area contributed by atoms with Crippen LogP contribution in [0.1, 0.15) is 22.8 Å². The van der Waals surface area contributed by atoms with Gasteiger partial charge >= 0.3 is 6.18 Å². The number of aryl methyl sites for hydroxylation is 1. The van der Waals surface area contributed by atoms with Crippen molar-refractivity contribution < 1.29 is 13.2 Å². The highest BCUT2D eigenvalue weighted by molar-refractivity contribution is 5.83. The van der Waals surface area contributed by atoms with Crippen LogP contribution in [0.4, 0.5) is 13.2 Å². The highest BCUT2D eigenvalue weighted by atomic mass is 19.4. The molecule has 0 amide bonds. The van der Waals surface area contributed by atoms with Gasteiger partial charge in [-0.15, -0.1) is 0 Å². The molecular weight excluding hydrogens is 317 g/mol. The molecule has 126 valence electrons. The summed E-state index contributed by atoms with van der Waals surface area (Å²) in [5.41, 5.74) is 2.56. The number of hydrogen-bond acceptors (Lipinski definition) is 2. The maximum atomic E-state index is 12.8. The number of alkyl halides is 3. The largest absolute Gasteiger partial charge is 0.434 e. The van der Waals surface area contributed by atoms with Crippen molar-refractivity contribution in [2.24, 2.45) is 0 Å². The molecule has 24 heavy (non-hydrogen) atoms. The molecule has 2 aromatic heterocycles. The van der Waals surface area contributed by atoms with Gasteiger partial charge in [0.15, 0.2) is 5.69 Å². The standard InChI is InChI=1S/C17H17F3N4/c1-11-7-13-12(3-2-4-14(13)21-11)8-23-5-6-24-9-15(17(18,19)20)22-16(24)10-23/h2-4,7,9,21H,5-6,8,10H2,1H3. The second-order valence-electron chi connectivity index (χ2n) is 6.27. The molecule has 0 aliphatic carbocycles. The van der Waals surface area contributed by atoms with Gasteiger partial charge in [0.05, 0.1) is 6.54 Å². The number of nitrogens with zero attached hydrogens (tertiary/aromatic N) is 3. The van der Waals surface area contributed by atoms with Crippen LogP contribution in [-0.4, -0.2) is 26.0 Å². The topological polar surface area (TPSA) is 36.9 Å². The quantitative estimate of drug-likeness (QED) is 0.776. The van der Waals surface area contributed by atoms with Crippen LogP contribution in [0.15, 0.2) is 30.5 Å². The molecule has 1 aliphatic rings. The average molecular weight is 334 g/mol. The molecule has 1 aromatic carbocycles. The second kappa shape index (κ2) is 5.37. The molecule has 0 spiro atoms. The van der Waals surface area contributed by atoms with Crippen molar-refractivity contribution in [2.75, 3.05) is 6.54 Å².